The highest BCUT2D eigenvalue weighted by Gasteiger charge is 2.24. The molecule has 4 heteroatoms. The van der Waals surface area contributed by atoms with Gasteiger partial charge in [-0.1, -0.05) is 76.2 Å². The third-order valence-corrected chi connectivity index (χ3v) is 5.22. The number of nitrogens with zero attached hydrogens (tertiary/aromatic N) is 1. The molecule has 1 N–H and O–H groups in total. The molecule has 0 aliphatic heterocycles. The first kappa shape index (κ1) is 22.1. The van der Waals surface area contributed by atoms with E-state index in [9.17, 15) is 9.50 Å². The standard InChI is InChI=1S/C26H30FNO2/c1-17(2)25-21(14-29)24(20-12-8-9-13-23(20)27)22(26(28-25)18(3)4)16-30-15-19-10-6-5-7-11-19/h5-13,17-18,29H,14-16H2,1-4H3. The summed E-state index contributed by atoms with van der Waals surface area (Å²) in [6, 6.07) is 16.7. The SMILES string of the molecule is CC(C)c1nc(C(C)C)c(COCc2ccccc2)c(-c2ccccc2F)c1CO. The summed E-state index contributed by atoms with van der Waals surface area (Å²) >= 11 is 0. The third-order valence-electron chi connectivity index (χ3n) is 5.22. The van der Waals surface area contributed by atoms with E-state index in [4.69, 9.17) is 9.72 Å². The van der Waals surface area contributed by atoms with E-state index < -0.39 is 0 Å². The Morgan fingerprint density at radius 1 is 0.833 bits per heavy atom. The average Bonchev–Trinajstić information content (AvgIpc) is 2.74. The number of rotatable bonds is 8. The number of aliphatic hydroxyl groups excluding tert-OH is 1. The Labute approximate surface area is 178 Å². The van der Waals surface area contributed by atoms with Crippen molar-refractivity contribution in [2.75, 3.05) is 0 Å². The van der Waals surface area contributed by atoms with E-state index in [1.54, 1.807) is 12.1 Å². The lowest BCUT2D eigenvalue weighted by atomic mass is 9.87. The van der Waals surface area contributed by atoms with Crippen molar-refractivity contribution in [3.8, 4) is 11.1 Å². The molecule has 3 aromatic rings. The van der Waals surface area contributed by atoms with Gasteiger partial charge in [0.2, 0.25) is 0 Å². The molecule has 0 saturated carbocycles. The highest BCUT2D eigenvalue weighted by Crippen LogP contribution is 2.38. The quantitative estimate of drug-likeness (QED) is 0.473. The molecule has 0 radical (unpaired) electrons. The number of aliphatic hydroxyl groups is 1. The molecule has 3 nitrogen and oxygen atoms in total. The lowest BCUT2D eigenvalue weighted by Crippen LogP contribution is -2.13. The Bertz CT molecular complexity index is 984. The van der Waals surface area contributed by atoms with Crippen LogP contribution in [-0.2, 0) is 24.6 Å². The van der Waals surface area contributed by atoms with Gasteiger partial charge in [0.1, 0.15) is 5.82 Å². The molecule has 1 aromatic heterocycles. The normalized spacial score (nSPS) is 11.5. The van der Waals surface area contributed by atoms with E-state index in [-0.39, 0.29) is 24.3 Å². The van der Waals surface area contributed by atoms with Gasteiger partial charge in [0, 0.05) is 28.1 Å². The van der Waals surface area contributed by atoms with Crippen LogP contribution in [0.4, 0.5) is 4.39 Å². The van der Waals surface area contributed by atoms with E-state index in [0.717, 1.165) is 22.5 Å². The minimum atomic E-state index is -0.313. The van der Waals surface area contributed by atoms with Crippen LogP contribution in [0.5, 0.6) is 0 Å². The van der Waals surface area contributed by atoms with Crippen molar-refractivity contribution in [3.63, 3.8) is 0 Å². The largest absolute Gasteiger partial charge is 0.392 e. The van der Waals surface area contributed by atoms with E-state index in [2.05, 4.69) is 13.8 Å². The molecule has 0 atom stereocenters. The molecule has 0 fully saturated rings. The molecule has 0 bridgehead atoms. The van der Waals surface area contributed by atoms with Crippen LogP contribution in [0.1, 0.15) is 67.6 Å². The Hall–Kier alpha value is -2.56. The molecule has 30 heavy (non-hydrogen) atoms. The van der Waals surface area contributed by atoms with E-state index in [1.165, 1.54) is 6.07 Å². The number of halogens is 1. The molecule has 0 amide bonds. The Morgan fingerprint density at radius 3 is 2.03 bits per heavy atom. The van der Waals surface area contributed by atoms with Crippen LogP contribution < -0.4 is 0 Å². The van der Waals surface area contributed by atoms with Crippen molar-refractivity contribution in [1.29, 1.82) is 0 Å². The van der Waals surface area contributed by atoms with Crippen molar-refractivity contribution in [1.82, 2.24) is 4.98 Å². The summed E-state index contributed by atoms with van der Waals surface area (Å²) in [5, 5.41) is 10.3. The zero-order valence-electron chi connectivity index (χ0n) is 18.2. The molecule has 0 aliphatic carbocycles. The topological polar surface area (TPSA) is 42.4 Å². The summed E-state index contributed by atoms with van der Waals surface area (Å²) in [4.78, 5) is 4.92. The van der Waals surface area contributed by atoms with Crippen LogP contribution in [0.25, 0.3) is 11.1 Å². The average molecular weight is 408 g/mol. The maximum absolute atomic E-state index is 14.9. The van der Waals surface area contributed by atoms with Gasteiger partial charge in [-0.2, -0.15) is 0 Å². The second-order valence-corrected chi connectivity index (χ2v) is 8.14. The third kappa shape index (κ3) is 4.77. The monoisotopic (exact) mass is 407 g/mol. The van der Waals surface area contributed by atoms with Crippen LogP contribution in [0.15, 0.2) is 54.6 Å². The fourth-order valence-electron chi connectivity index (χ4n) is 3.80. The molecule has 2 aromatic carbocycles. The Morgan fingerprint density at radius 2 is 1.43 bits per heavy atom. The number of benzene rings is 2. The van der Waals surface area contributed by atoms with Gasteiger partial charge in [-0.15, -0.1) is 0 Å². The number of hydrogen-bond acceptors (Lipinski definition) is 3. The maximum Gasteiger partial charge on any atom is 0.131 e. The number of aromatic nitrogens is 1. The van der Waals surface area contributed by atoms with Gasteiger partial charge in [0.15, 0.2) is 0 Å². The minimum Gasteiger partial charge on any atom is -0.392 e. The Balaban J connectivity index is 2.15. The summed E-state index contributed by atoms with van der Waals surface area (Å²) in [7, 11) is 0. The lowest BCUT2D eigenvalue weighted by Gasteiger charge is -2.24. The van der Waals surface area contributed by atoms with Gasteiger partial charge in [0.05, 0.1) is 19.8 Å². The van der Waals surface area contributed by atoms with Gasteiger partial charge in [0.25, 0.3) is 0 Å². The highest BCUT2D eigenvalue weighted by atomic mass is 19.1. The first-order chi connectivity index (χ1) is 14.4. The van der Waals surface area contributed by atoms with Crippen LogP contribution in [0.3, 0.4) is 0 Å². The summed E-state index contributed by atoms with van der Waals surface area (Å²) < 4.78 is 20.9. The predicted octanol–water partition coefficient (Wildman–Crippen LogP) is 6.34. The van der Waals surface area contributed by atoms with Crippen molar-refractivity contribution in [3.05, 3.63) is 88.5 Å². The molecule has 1 heterocycles. The smallest absolute Gasteiger partial charge is 0.131 e. The van der Waals surface area contributed by atoms with Crippen molar-refractivity contribution in [2.45, 2.75) is 59.4 Å². The molecule has 158 valence electrons. The predicted molar refractivity (Wildman–Crippen MR) is 119 cm³/mol. The first-order valence-electron chi connectivity index (χ1n) is 10.5. The molecular formula is C26H30FNO2. The second kappa shape index (κ2) is 9.96. The van der Waals surface area contributed by atoms with Crippen LogP contribution >= 0.6 is 0 Å². The van der Waals surface area contributed by atoms with Gasteiger partial charge >= 0.3 is 0 Å². The zero-order chi connectivity index (χ0) is 21.7. The highest BCUT2D eigenvalue weighted by molar-refractivity contribution is 5.73. The number of hydrogen-bond donors (Lipinski definition) is 1. The van der Waals surface area contributed by atoms with Crippen LogP contribution in [0, 0.1) is 5.82 Å². The van der Waals surface area contributed by atoms with E-state index in [1.807, 2.05) is 50.2 Å². The molecule has 0 spiro atoms. The molecule has 0 unspecified atom stereocenters. The first-order valence-corrected chi connectivity index (χ1v) is 10.5. The fourth-order valence-corrected chi connectivity index (χ4v) is 3.80. The van der Waals surface area contributed by atoms with Crippen molar-refractivity contribution < 1.29 is 14.2 Å². The Kier molecular flexibility index (Phi) is 7.35. The van der Waals surface area contributed by atoms with Crippen LogP contribution in [-0.4, -0.2) is 10.1 Å². The maximum atomic E-state index is 14.9. The number of pyridine rings is 1. The molecule has 0 aliphatic rings. The van der Waals surface area contributed by atoms with Crippen LogP contribution in [0.2, 0.25) is 0 Å². The van der Waals surface area contributed by atoms with E-state index in [0.29, 0.717) is 29.9 Å². The summed E-state index contributed by atoms with van der Waals surface area (Å²) in [5.74, 6) is -0.0716. The number of ether oxygens (including phenoxy) is 1. The molecular weight excluding hydrogens is 377 g/mol. The molecule has 3 rings (SSSR count). The van der Waals surface area contributed by atoms with E-state index >= 15 is 0 Å². The summed E-state index contributed by atoms with van der Waals surface area (Å²) in [5.41, 5.74) is 5.49. The van der Waals surface area contributed by atoms with Gasteiger partial charge in [-0.3, -0.25) is 4.98 Å². The fraction of sp³-hybridized carbons (Fsp3) is 0.346. The summed E-state index contributed by atoms with van der Waals surface area (Å²) in [6.07, 6.45) is 0. The minimum absolute atomic E-state index is 0.106. The zero-order valence-corrected chi connectivity index (χ0v) is 18.2. The second-order valence-electron chi connectivity index (χ2n) is 8.14. The van der Waals surface area contributed by atoms with Gasteiger partial charge in [-0.05, 0) is 29.0 Å². The van der Waals surface area contributed by atoms with Gasteiger partial charge in [-0.25, -0.2) is 4.39 Å². The summed E-state index contributed by atoms with van der Waals surface area (Å²) in [6.45, 7) is 8.80. The van der Waals surface area contributed by atoms with Gasteiger partial charge < -0.3 is 9.84 Å². The van der Waals surface area contributed by atoms with Crippen molar-refractivity contribution in [2.24, 2.45) is 0 Å². The van der Waals surface area contributed by atoms with Crippen molar-refractivity contribution >= 4 is 0 Å². The lowest BCUT2D eigenvalue weighted by molar-refractivity contribution is 0.106. The molecule has 0 saturated heterocycles.